The smallest absolute Gasteiger partial charge is 0.410 e. The maximum atomic E-state index is 12.5. The fourth-order valence-corrected chi connectivity index (χ4v) is 3.50. The molecule has 178 valence electrons. The Morgan fingerprint density at radius 1 is 1.27 bits per heavy atom. The van der Waals surface area contributed by atoms with Crippen molar-refractivity contribution in [2.45, 2.75) is 45.3 Å². The third kappa shape index (κ3) is 5.93. The molecule has 1 amide bonds. The Kier molecular flexibility index (Phi) is 7.10. The molecular formula is C22H30N6O5. The second kappa shape index (κ2) is 9.80. The maximum absolute atomic E-state index is 12.5. The molecule has 0 bridgehead atoms. The van der Waals surface area contributed by atoms with Gasteiger partial charge in [-0.25, -0.2) is 14.6 Å². The number of aromatic carboxylic acids is 1. The summed E-state index contributed by atoms with van der Waals surface area (Å²) in [5.41, 5.74) is 5.57. The predicted octanol–water partition coefficient (Wildman–Crippen LogP) is 3.32. The third-order valence-electron chi connectivity index (χ3n) is 5.01. The van der Waals surface area contributed by atoms with Gasteiger partial charge in [-0.3, -0.25) is 0 Å². The van der Waals surface area contributed by atoms with Crippen molar-refractivity contribution in [2.24, 2.45) is 0 Å². The predicted molar refractivity (Wildman–Crippen MR) is 124 cm³/mol. The van der Waals surface area contributed by atoms with Crippen molar-refractivity contribution >= 4 is 35.2 Å². The number of nitrogens with zero attached hydrogens (tertiary/aromatic N) is 3. The zero-order valence-corrected chi connectivity index (χ0v) is 19.2. The Morgan fingerprint density at radius 3 is 2.67 bits per heavy atom. The number of benzene rings is 1. The Bertz CT molecular complexity index is 1020. The van der Waals surface area contributed by atoms with Crippen LogP contribution in [0.2, 0.25) is 0 Å². The second-order valence-corrected chi connectivity index (χ2v) is 8.64. The first-order chi connectivity index (χ1) is 15.6. The van der Waals surface area contributed by atoms with Gasteiger partial charge in [0.05, 0.1) is 18.8 Å². The average molecular weight is 459 g/mol. The van der Waals surface area contributed by atoms with Crippen molar-refractivity contribution in [1.82, 2.24) is 14.9 Å². The van der Waals surface area contributed by atoms with Crippen LogP contribution in [0, 0.1) is 0 Å². The number of ether oxygens (including phenoxy) is 2. The molecule has 1 aromatic heterocycles. The molecule has 33 heavy (non-hydrogen) atoms. The fourth-order valence-electron chi connectivity index (χ4n) is 3.50. The number of rotatable bonds is 7. The fraction of sp³-hybridized carbons (Fsp3) is 0.455. The number of aromatic nitrogens is 2. The lowest BCUT2D eigenvalue weighted by molar-refractivity contribution is 0.0234. The van der Waals surface area contributed by atoms with Crippen LogP contribution in [-0.4, -0.2) is 63.9 Å². The Hall–Kier alpha value is -3.76. The lowest BCUT2D eigenvalue weighted by Crippen LogP contribution is -2.42. The van der Waals surface area contributed by atoms with Gasteiger partial charge in [-0.15, -0.1) is 0 Å². The first-order valence-corrected chi connectivity index (χ1v) is 10.6. The number of para-hydroxylation sites is 2. The van der Waals surface area contributed by atoms with Crippen LogP contribution in [0.3, 0.4) is 0 Å². The van der Waals surface area contributed by atoms with Crippen molar-refractivity contribution in [3.63, 3.8) is 0 Å². The van der Waals surface area contributed by atoms with Gasteiger partial charge < -0.3 is 35.8 Å². The highest BCUT2D eigenvalue weighted by molar-refractivity contribution is 5.95. The van der Waals surface area contributed by atoms with Crippen LogP contribution in [0.5, 0.6) is 5.75 Å². The highest BCUT2D eigenvalue weighted by atomic mass is 16.6. The summed E-state index contributed by atoms with van der Waals surface area (Å²) in [4.78, 5) is 34.3. The van der Waals surface area contributed by atoms with Crippen molar-refractivity contribution in [1.29, 1.82) is 0 Å². The van der Waals surface area contributed by atoms with E-state index in [4.69, 9.17) is 15.2 Å². The highest BCUT2D eigenvalue weighted by Crippen LogP contribution is 2.30. The molecule has 2 heterocycles. The van der Waals surface area contributed by atoms with E-state index in [1.807, 2.05) is 20.8 Å². The summed E-state index contributed by atoms with van der Waals surface area (Å²) in [6.07, 6.45) is 1.24. The molecule has 0 saturated carbocycles. The molecule has 1 saturated heterocycles. The molecule has 0 spiro atoms. The summed E-state index contributed by atoms with van der Waals surface area (Å²) in [7, 11) is 1.53. The molecule has 11 nitrogen and oxygen atoms in total. The molecule has 1 atom stereocenters. The normalized spacial score (nSPS) is 15.8. The van der Waals surface area contributed by atoms with Gasteiger partial charge in [0.1, 0.15) is 17.0 Å². The average Bonchev–Trinajstić information content (AvgIpc) is 3.22. The number of carboxylic acid groups (broad SMARTS) is 1. The summed E-state index contributed by atoms with van der Waals surface area (Å²) in [6.45, 7) is 6.38. The lowest BCUT2D eigenvalue weighted by Gasteiger charge is -2.28. The van der Waals surface area contributed by atoms with E-state index in [-0.39, 0.29) is 35.3 Å². The number of carbonyl (C=O) groups excluding carboxylic acids is 1. The largest absolute Gasteiger partial charge is 0.495 e. The number of carboxylic acids is 1. The van der Waals surface area contributed by atoms with Crippen molar-refractivity contribution in [3.05, 3.63) is 30.0 Å². The quantitative estimate of drug-likeness (QED) is 0.486. The molecule has 1 unspecified atom stereocenters. The van der Waals surface area contributed by atoms with Gasteiger partial charge in [-0.1, -0.05) is 12.1 Å². The monoisotopic (exact) mass is 458 g/mol. The SMILES string of the molecule is COc1ccccc1Nc1nc(NCC2CCCN2C(=O)OC(C)(C)C)nc(C(=O)O)c1N. The van der Waals surface area contributed by atoms with Crippen LogP contribution in [0.4, 0.5) is 27.9 Å². The number of amides is 1. The van der Waals surface area contributed by atoms with E-state index in [1.54, 1.807) is 29.2 Å². The summed E-state index contributed by atoms with van der Waals surface area (Å²) >= 11 is 0. The minimum atomic E-state index is -1.28. The van der Waals surface area contributed by atoms with Crippen molar-refractivity contribution < 1.29 is 24.2 Å². The van der Waals surface area contributed by atoms with E-state index >= 15 is 0 Å². The van der Waals surface area contributed by atoms with Gasteiger partial charge in [-0.2, -0.15) is 4.98 Å². The molecule has 0 radical (unpaired) electrons. The Labute approximate surface area is 192 Å². The Morgan fingerprint density at radius 2 is 2.00 bits per heavy atom. The second-order valence-electron chi connectivity index (χ2n) is 8.64. The molecule has 2 aromatic rings. The van der Waals surface area contributed by atoms with Gasteiger partial charge in [0.2, 0.25) is 5.95 Å². The number of hydrogen-bond acceptors (Lipinski definition) is 9. The first kappa shape index (κ1) is 23.9. The van der Waals surface area contributed by atoms with E-state index in [1.165, 1.54) is 7.11 Å². The van der Waals surface area contributed by atoms with Crippen LogP contribution >= 0.6 is 0 Å². The molecule has 1 aliphatic rings. The molecule has 1 aromatic carbocycles. The van der Waals surface area contributed by atoms with Crippen molar-refractivity contribution in [2.75, 3.05) is 36.6 Å². The van der Waals surface area contributed by atoms with Crippen LogP contribution in [0.25, 0.3) is 0 Å². The molecule has 1 fully saturated rings. The maximum Gasteiger partial charge on any atom is 0.410 e. The summed E-state index contributed by atoms with van der Waals surface area (Å²) in [5, 5.41) is 15.6. The minimum absolute atomic E-state index is 0.0787. The van der Waals surface area contributed by atoms with Gasteiger partial charge in [0.15, 0.2) is 11.5 Å². The van der Waals surface area contributed by atoms with Gasteiger partial charge >= 0.3 is 12.1 Å². The minimum Gasteiger partial charge on any atom is -0.495 e. The summed E-state index contributed by atoms with van der Waals surface area (Å²) < 4.78 is 10.8. The molecule has 1 aliphatic heterocycles. The van der Waals surface area contributed by atoms with Gasteiger partial charge in [-0.05, 0) is 45.7 Å². The molecule has 0 aliphatic carbocycles. The van der Waals surface area contributed by atoms with E-state index in [2.05, 4.69) is 20.6 Å². The summed E-state index contributed by atoms with van der Waals surface area (Å²) in [5.74, 6) is -0.530. The molecular weight excluding hydrogens is 428 g/mol. The zero-order chi connectivity index (χ0) is 24.2. The van der Waals surface area contributed by atoms with Gasteiger partial charge in [0, 0.05) is 13.1 Å². The standard InChI is InChI=1S/C22H30N6O5/c1-22(2,3)33-21(31)28-11-7-8-13(28)12-24-20-26-17(19(29)30)16(23)18(27-20)25-14-9-5-6-10-15(14)32-4/h5-6,9-10,13H,7-8,11-12,23H2,1-4H3,(H,29,30)(H2,24,25,26,27). The van der Waals surface area contributed by atoms with Crippen LogP contribution in [-0.2, 0) is 4.74 Å². The van der Waals surface area contributed by atoms with Crippen molar-refractivity contribution in [3.8, 4) is 5.75 Å². The van der Waals surface area contributed by atoms with Crippen LogP contribution in [0.1, 0.15) is 44.1 Å². The first-order valence-electron chi connectivity index (χ1n) is 10.6. The molecule has 3 rings (SSSR count). The highest BCUT2D eigenvalue weighted by Gasteiger charge is 2.32. The number of nitrogen functional groups attached to an aromatic ring is 1. The molecule has 11 heteroatoms. The van der Waals surface area contributed by atoms with E-state index in [0.717, 1.165) is 12.8 Å². The number of carbonyl (C=O) groups is 2. The lowest BCUT2D eigenvalue weighted by atomic mass is 10.2. The number of likely N-dealkylation sites (tertiary alicyclic amines) is 1. The van der Waals surface area contributed by atoms with Gasteiger partial charge in [0.25, 0.3) is 0 Å². The Balaban J connectivity index is 1.80. The van der Waals surface area contributed by atoms with E-state index in [0.29, 0.717) is 24.5 Å². The third-order valence-corrected chi connectivity index (χ3v) is 5.01. The number of nitrogens with one attached hydrogen (secondary N) is 2. The van der Waals surface area contributed by atoms with Crippen LogP contribution < -0.4 is 21.1 Å². The number of methoxy groups -OCH3 is 1. The van der Waals surface area contributed by atoms with E-state index < -0.39 is 11.6 Å². The number of anilines is 4. The summed E-state index contributed by atoms with van der Waals surface area (Å²) in [6, 6.07) is 6.97. The zero-order valence-electron chi connectivity index (χ0n) is 19.2. The van der Waals surface area contributed by atoms with Crippen LogP contribution in [0.15, 0.2) is 24.3 Å². The topological polar surface area (TPSA) is 152 Å². The number of nitrogens with two attached hydrogens (primary N) is 1. The van der Waals surface area contributed by atoms with E-state index in [9.17, 15) is 14.7 Å². The molecule has 5 N–H and O–H groups in total. The number of hydrogen-bond donors (Lipinski definition) is 4.